The molecule has 19 heavy (non-hydrogen) atoms. The standard InChI is InChI=1S/C16H17BrN2/c1-18-16(12-7-13(17)10-19-9-12)15-8-14(15)11-5-3-2-4-6-11/h2-7,9-10,14-16,18H,8H2,1H3. The summed E-state index contributed by atoms with van der Waals surface area (Å²) < 4.78 is 1.04. The van der Waals surface area contributed by atoms with Gasteiger partial charge in [-0.05, 0) is 58.4 Å². The fraction of sp³-hybridized carbons (Fsp3) is 0.312. The zero-order chi connectivity index (χ0) is 13.2. The third kappa shape index (κ3) is 2.72. The highest BCUT2D eigenvalue weighted by Gasteiger charge is 2.43. The number of hydrogen-bond donors (Lipinski definition) is 1. The maximum absolute atomic E-state index is 4.27. The summed E-state index contributed by atoms with van der Waals surface area (Å²) >= 11 is 3.50. The summed E-state index contributed by atoms with van der Waals surface area (Å²) in [4.78, 5) is 4.27. The molecule has 1 aliphatic rings. The van der Waals surface area contributed by atoms with E-state index in [4.69, 9.17) is 0 Å². The molecule has 3 heteroatoms. The van der Waals surface area contributed by atoms with E-state index in [1.165, 1.54) is 17.5 Å². The van der Waals surface area contributed by atoms with E-state index >= 15 is 0 Å². The predicted octanol–water partition coefficient (Wildman–Crippen LogP) is 3.91. The molecule has 3 rings (SSSR count). The van der Waals surface area contributed by atoms with E-state index in [2.05, 4.69) is 62.6 Å². The van der Waals surface area contributed by atoms with Gasteiger partial charge in [-0.15, -0.1) is 0 Å². The van der Waals surface area contributed by atoms with Gasteiger partial charge in [-0.3, -0.25) is 4.98 Å². The molecule has 2 aromatic rings. The van der Waals surface area contributed by atoms with Crippen LogP contribution in [0.5, 0.6) is 0 Å². The van der Waals surface area contributed by atoms with Crippen molar-refractivity contribution in [2.45, 2.75) is 18.4 Å². The molecule has 1 aromatic carbocycles. The minimum Gasteiger partial charge on any atom is -0.313 e. The van der Waals surface area contributed by atoms with Gasteiger partial charge in [-0.25, -0.2) is 0 Å². The van der Waals surface area contributed by atoms with E-state index in [0.717, 1.165) is 4.47 Å². The minimum absolute atomic E-state index is 0.384. The Morgan fingerprint density at radius 1 is 1.26 bits per heavy atom. The van der Waals surface area contributed by atoms with Crippen molar-refractivity contribution in [2.75, 3.05) is 7.05 Å². The molecular weight excluding hydrogens is 300 g/mol. The van der Waals surface area contributed by atoms with Crippen molar-refractivity contribution in [2.24, 2.45) is 5.92 Å². The van der Waals surface area contributed by atoms with Crippen LogP contribution in [-0.4, -0.2) is 12.0 Å². The Hall–Kier alpha value is -1.19. The van der Waals surface area contributed by atoms with Crippen molar-refractivity contribution < 1.29 is 0 Å². The lowest BCUT2D eigenvalue weighted by Crippen LogP contribution is -2.19. The Morgan fingerprint density at radius 3 is 2.74 bits per heavy atom. The number of halogens is 1. The first-order valence-corrected chi connectivity index (χ1v) is 7.41. The summed E-state index contributed by atoms with van der Waals surface area (Å²) in [5.41, 5.74) is 2.72. The lowest BCUT2D eigenvalue weighted by molar-refractivity contribution is 0.516. The molecule has 0 spiro atoms. The summed E-state index contributed by atoms with van der Waals surface area (Å²) in [6.45, 7) is 0. The zero-order valence-corrected chi connectivity index (χ0v) is 12.5. The normalized spacial score (nSPS) is 23.1. The van der Waals surface area contributed by atoms with Crippen LogP contribution in [0.3, 0.4) is 0 Å². The summed E-state index contributed by atoms with van der Waals surface area (Å²) in [7, 11) is 2.03. The Kier molecular flexibility index (Phi) is 3.67. The van der Waals surface area contributed by atoms with Crippen molar-refractivity contribution in [3.8, 4) is 0 Å². The number of nitrogens with zero attached hydrogens (tertiary/aromatic N) is 1. The van der Waals surface area contributed by atoms with Crippen LogP contribution in [0.25, 0.3) is 0 Å². The van der Waals surface area contributed by atoms with E-state index in [9.17, 15) is 0 Å². The molecule has 3 unspecified atom stereocenters. The first-order chi connectivity index (χ1) is 9.29. The van der Waals surface area contributed by atoms with Crippen LogP contribution in [0, 0.1) is 5.92 Å². The molecule has 1 heterocycles. The van der Waals surface area contributed by atoms with Crippen molar-refractivity contribution in [3.63, 3.8) is 0 Å². The Morgan fingerprint density at radius 2 is 2.05 bits per heavy atom. The van der Waals surface area contributed by atoms with Gasteiger partial charge >= 0.3 is 0 Å². The highest BCUT2D eigenvalue weighted by atomic mass is 79.9. The van der Waals surface area contributed by atoms with E-state index in [1.807, 2.05) is 19.4 Å². The second-order valence-corrected chi connectivity index (χ2v) is 6.04. The maximum Gasteiger partial charge on any atom is 0.0410 e. The van der Waals surface area contributed by atoms with Gasteiger partial charge in [0, 0.05) is 22.9 Å². The third-order valence-electron chi connectivity index (χ3n) is 3.89. The lowest BCUT2D eigenvalue weighted by Gasteiger charge is -2.16. The first-order valence-electron chi connectivity index (χ1n) is 6.62. The van der Waals surface area contributed by atoms with Crippen molar-refractivity contribution in [1.82, 2.24) is 10.3 Å². The quantitative estimate of drug-likeness (QED) is 0.925. The van der Waals surface area contributed by atoms with Crippen molar-refractivity contribution >= 4 is 15.9 Å². The summed E-state index contributed by atoms with van der Waals surface area (Å²) in [6, 6.07) is 13.3. The van der Waals surface area contributed by atoms with Crippen molar-refractivity contribution in [3.05, 3.63) is 64.4 Å². The molecule has 0 bridgehead atoms. The number of pyridine rings is 1. The van der Waals surface area contributed by atoms with Crippen LogP contribution in [0.4, 0.5) is 0 Å². The molecule has 1 aliphatic carbocycles. The van der Waals surface area contributed by atoms with Gasteiger partial charge in [0.15, 0.2) is 0 Å². The van der Waals surface area contributed by atoms with Gasteiger partial charge in [-0.1, -0.05) is 30.3 Å². The molecule has 0 amide bonds. The molecule has 1 N–H and O–H groups in total. The molecule has 0 radical (unpaired) electrons. The van der Waals surface area contributed by atoms with E-state index in [-0.39, 0.29) is 0 Å². The summed E-state index contributed by atoms with van der Waals surface area (Å²) in [5, 5.41) is 3.45. The van der Waals surface area contributed by atoms with Gasteiger partial charge < -0.3 is 5.32 Å². The van der Waals surface area contributed by atoms with E-state index in [0.29, 0.717) is 17.9 Å². The average Bonchev–Trinajstić information content (AvgIpc) is 3.21. The van der Waals surface area contributed by atoms with Crippen LogP contribution >= 0.6 is 15.9 Å². The number of benzene rings is 1. The minimum atomic E-state index is 0.384. The van der Waals surface area contributed by atoms with Gasteiger partial charge in [-0.2, -0.15) is 0 Å². The summed E-state index contributed by atoms with van der Waals surface area (Å²) in [5.74, 6) is 1.35. The Labute approximate surface area is 122 Å². The van der Waals surface area contributed by atoms with E-state index in [1.54, 1.807) is 0 Å². The van der Waals surface area contributed by atoms with E-state index < -0.39 is 0 Å². The third-order valence-corrected chi connectivity index (χ3v) is 4.33. The van der Waals surface area contributed by atoms with Crippen LogP contribution in [0.15, 0.2) is 53.3 Å². The molecule has 1 saturated carbocycles. The molecule has 0 aliphatic heterocycles. The Balaban J connectivity index is 1.79. The molecule has 3 atom stereocenters. The zero-order valence-electron chi connectivity index (χ0n) is 10.9. The fourth-order valence-corrected chi connectivity index (χ4v) is 3.28. The monoisotopic (exact) mass is 316 g/mol. The molecule has 0 saturated heterocycles. The number of aromatic nitrogens is 1. The first kappa shape index (κ1) is 12.8. The molecule has 1 fully saturated rings. The molecule has 1 aromatic heterocycles. The van der Waals surface area contributed by atoms with Crippen LogP contribution in [0.2, 0.25) is 0 Å². The van der Waals surface area contributed by atoms with Gasteiger partial charge in [0.1, 0.15) is 0 Å². The van der Waals surface area contributed by atoms with Gasteiger partial charge in [0.05, 0.1) is 0 Å². The van der Waals surface area contributed by atoms with Crippen molar-refractivity contribution in [1.29, 1.82) is 0 Å². The average molecular weight is 317 g/mol. The maximum atomic E-state index is 4.27. The SMILES string of the molecule is CNC(c1cncc(Br)c1)C1CC1c1ccccc1. The lowest BCUT2D eigenvalue weighted by atomic mass is 10.0. The molecular formula is C16H17BrN2. The van der Waals surface area contributed by atoms with Crippen LogP contribution in [0.1, 0.15) is 29.5 Å². The van der Waals surface area contributed by atoms with Crippen LogP contribution in [-0.2, 0) is 0 Å². The molecule has 98 valence electrons. The Bertz CT molecular complexity index is 556. The topological polar surface area (TPSA) is 24.9 Å². The number of nitrogens with one attached hydrogen (secondary N) is 1. The second-order valence-electron chi connectivity index (χ2n) is 5.12. The number of hydrogen-bond acceptors (Lipinski definition) is 2. The fourth-order valence-electron chi connectivity index (χ4n) is 2.89. The van der Waals surface area contributed by atoms with Crippen LogP contribution < -0.4 is 5.32 Å². The smallest absolute Gasteiger partial charge is 0.0410 e. The van der Waals surface area contributed by atoms with Gasteiger partial charge in [0.2, 0.25) is 0 Å². The highest BCUT2D eigenvalue weighted by molar-refractivity contribution is 9.10. The second kappa shape index (κ2) is 5.43. The highest BCUT2D eigenvalue weighted by Crippen LogP contribution is 2.53. The number of rotatable bonds is 4. The van der Waals surface area contributed by atoms with Gasteiger partial charge in [0.25, 0.3) is 0 Å². The predicted molar refractivity (Wildman–Crippen MR) is 81.0 cm³/mol. The summed E-state index contributed by atoms with van der Waals surface area (Å²) in [6.07, 6.45) is 5.05. The largest absolute Gasteiger partial charge is 0.313 e. The molecule has 2 nitrogen and oxygen atoms in total.